The molecular weight excluding hydrogens is 160 g/mol. The molecule has 1 unspecified atom stereocenters. The third-order valence-corrected chi connectivity index (χ3v) is 3.05. The summed E-state index contributed by atoms with van der Waals surface area (Å²) in [4.78, 5) is 1.81. The SMILES string of the molecule is CN1CC(F)(F)[C@@H]2[CH]CCCC21. The Kier molecular flexibility index (Phi) is 1.86. The van der Waals surface area contributed by atoms with Gasteiger partial charge in [-0.3, -0.25) is 4.90 Å². The molecule has 0 aromatic carbocycles. The van der Waals surface area contributed by atoms with Gasteiger partial charge in [0, 0.05) is 12.0 Å². The molecule has 12 heavy (non-hydrogen) atoms. The Balaban J connectivity index is 2.16. The summed E-state index contributed by atoms with van der Waals surface area (Å²) in [5, 5.41) is 0. The number of hydrogen-bond donors (Lipinski definition) is 0. The second-order valence-electron chi connectivity index (χ2n) is 3.94. The number of likely N-dealkylation sites (tertiary alicyclic amines) is 1. The Bertz CT molecular complexity index is 181. The lowest BCUT2D eigenvalue weighted by Crippen LogP contribution is -2.34. The third kappa shape index (κ3) is 1.15. The Labute approximate surface area is 71.7 Å². The number of nitrogens with zero attached hydrogens (tertiary/aromatic N) is 1. The number of rotatable bonds is 0. The van der Waals surface area contributed by atoms with Crippen molar-refractivity contribution >= 4 is 0 Å². The van der Waals surface area contributed by atoms with E-state index >= 15 is 0 Å². The van der Waals surface area contributed by atoms with Crippen LogP contribution < -0.4 is 0 Å². The smallest absolute Gasteiger partial charge is 0.265 e. The molecule has 0 aromatic heterocycles. The minimum absolute atomic E-state index is 0.0567. The third-order valence-electron chi connectivity index (χ3n) is 3.05. The van der Waals surface area contributed by atoms with Crippen molar-refractivity contribution in [2.75, 3.05) is 13.6 Å². The van der Waals surface area contributed by atoms with Crippen LogP contribution in [0, 0.1) is 12.3 Å². The summed E-state index contributed by atoms with van der Waals surface area (Å²) in [5.41, 5.74) is 0. The molecule has 0 spiro atoms. The molecule has 69 valence electrons. The van der Waals surface area contributed by atoms with Gasteiger partial charge in [-0.15, -0.1) is 0 Å². The molecule has 0 aromatic rings. The molecular formula is C9H14F2N. The summed E-state index contributed by atoms with van der Waals surface area (Å²) in [6.45, 7) is -0.0567. The highest BCUT2D eigenvalue weighted by Crippen LogP contribution is 2.43. The van der Waals surface area contributed by atoms with Crippen molar-refractivity contribution in [2.24, 2.45) is 5.92 Å². The zero-order valence-electron chi connectivity index (χ0n) is 7.26. The van der Waals surface area contributed by atoms with E-state index in [0.717, 1.165) is 19.3 Å². The average molecular weight is 174 g/mol. The van der Waals surface area contributed by atoms with Crippen LogP contribution in [0.25, 0.3) is 0 Å². The van der Waals surface area contributed by atoms with E-state index in [-0.39, 0.29) is 12.6 Å². The molecule has 1 radical (unpaired) electrons. The van der Waals surface area contributed by atoms with E-state index in [2.05, 4.69) is 0 Å². The fourth-order valence-electron chi connectivity index (χ4n) is 2.46. The average Bonchev–Trinajstić information content (AvgIpc) is 2.25. The van der Waals surface area contributed by atoms with Crippen LogP contribution in [0.2, 0.25) is 0 Å². The predicted octanol–water partition coefficient (Wildman–Crippen LogP) is 1.94. The van der Waals surface area contributed by atoms with Crippen LogP contribution in [0.4, 0.5) is 8.78 Å². The van der Waals surface area contributed by atoms with Crippen LogP contribution in [-0.4, -0.2) is 30.5 Å². The Hall–Kier alpha value is -0.180. The van der Waals surface area contributed by atoms with Crippen molar-refractivity contribution < 1.29 is 8.78 Å². The standard InChI is InChI=1S/C9H14F2N/c1-12-6-9(10,11)7-4-2-3-5-8(7)12/h4,7-8H,2-3,5-6H2,1H3/t7-,8?/m1/s1. The van der Waals surface area contributed by atoms with Gasteiger partial charge in [-0.1, -0.05) is 6.42 Å². The summed E-state index contributed by atoms with van der Waals surface area (Å²) >= 11 is 0. The molecule has 1 aliphatic heterocycles. The quantitative estimate of drug-likeness (QED) is 0.542. The fraction of sp³-hybridized carbons (Fsp3) is 0.889. The van der Waals surface area contributed by atoms with Gasteiger partial charge in [0.25, 0.3) is 5.92 Å². The van der Waals surface area contributed by atoms with Crippen LogP contribution in [-0.2, 0) is 0 Å². The largest absolute Gasteiger partial charge is 0.297 e. The van der Waals surface area contributed by atoms with Crippen LogP contribution in [0.15, 0.2) is 0 Å². The van der Waals surface area contributed by atoms with E-state index in [9.17, 15) is 8.78 Å². The van der Waals surface area contributed by atoms with E-state index in [0.29, 0.717) is 0 Å². The van der Waals surface area contributed by atoms with Gasteiger partial charge in [0.1, 0.15) is 0 Å². The molecule has 2 fully saturated rings. The van der Waals surface area contributed by atoms with Crippen molar-refractivity contribution in [1.82, 2.24) is 4.90 Å². The number of alkyl halides is 2. The van der Waals surface area contributed by atoms with Gasteiger partial charge < -0.3 is 0 Å². The van der Waals surface area contributed by atoms with Crippen LogP contribution >= 0.6 is 0 Å². The summed E-state index contributed by atoms with van der Waals surface area (Å²) < 4.78 is 26.5. The first-order valence-electron chi connectivity index (χ1n) is 4.52. The summed E-state index contributed by atoms with van der Waals surface area (Å²) in [6.07, 6.45) is 4.69. The van der Waals surface area contributed by atoms with Gasteiger partial charge in [-0.2, -0.15) is 0 Å². The van der Waals surface area contributed by atoms with E-state index < -0.39 is 11.8 Å². The molecule has 1 saturated carbocycles. The second kappa shape index (κ2) is 2.66. The minimum atomic E-state index is -2.47. The zero-order chi connectivity index (χ0) is 8.77. The van der Waals surface area contributed by atoms with Gasteiger partial charge in [0.05, 0.1) is 6.54 Å². The normalized spacial score (nSPS) is 41.2. The van der Waals surface area contributed by atoms with E-state index in [1.807, 2.05) is 6.42 Å². The Morgan fingerprint density at radius 1 is 1.50 bits per heavy atom. The molecule has 3 heteroatoms. The maximum absolute atomic E-state index is 13.3. The first-order chi connectivity index (χ1) is 5.61. The summed E-state index contributed by atoms with van der Waals surface area (Å²) in [5.74, 6) is -2.95. The van der Waals surface area contributed by atoms with Gasteiger partial charge in [-0.25, -0.2) is 8.78 Å². The van der Waals surface area contributed by atoms with Crippen molar-refractivity contribution in [2.45, 2.75) is 31.2 Å². The molecule has 1 nitrogen and oxygen atoms in total. The highest BCUT2D eigenvalue weighted by molar-refractivity contribution is 5.05. The Morgan fingerprint density at radius 2 is 2.25 bits per heavy atom. The topological polar surface area (TPSA) is 3.24 Å². The molecule has 0 N–H and O–H groups in total. The predicted molar refractivity (Wildman–Crippen MR) is 43.0 cm³/mol. The zero-order valence-corrected chi connectivity index (χ0v) is 7.26. The molecule has 1 heterocycles. The van der Waals surface area contributed by atoms with Crippen molar-refractivity contribution in [3.63, 3.8) is 0 Å². The molecule has 2 rings (SSSR count). The van der Waals surface area contributed by atoms with Crippen LogP contribution in [0.5, 0.6) is 0 Å². The minimum Gasteiger partial charge on any atom is -0.297 e. The molecule has 2 aliphatic rings. The molecule has 1 aliphatic carbocycles. The molecule has 0 amide bonds. The molecule has 0 bridgehead atoms. The fourth-order valence-corrected chi connectivity index (χ4v) is 2.46. The van der Waals surface area contributed by atoms with Gasteiger partial charge >= 0.3 is 0 Å². The van der Waals surface area contributed by atoms with Gasteiger partial charge in [0.15, 0.2) is 0 Å². The monoisotopic (exact) mass is 174 g/mol. The Morgan fingerprint density at radius 3 is 2.92 bits per heavy atom. The van der Waals surface area contributed by atoms with Crippen molar-refractivity contribution in [1.29, 1.82) is 0 Å². The van der Waals surface area contributed by atoms with Crippen molar-refractivity contribution in [3.05, 3.63) is 6.42 Å². The molecule has 1 saturated heterocycles. The highest BCUT2D eigenvalue weighted by Gasteiger charge is 2.53. The van der Waals surface area contributed by atoms with Gasteiger partial charge in [-0.05, 0) is 26.3 Å². The highest BCUT2D eigenvalue weighted by atomic mass is 19.3. The first kappa shape index (κ1) is 8.42. The number of hydrogen-bond acceptors (Lipinski definition) is 1. The van der Waals surface area contributed by atoms with E-state index in [1.165, 1.54) is 0 Å². The van der Waals surface area contributed by atoms with Gasteiger partial charge in [0.2, 0.25) is 0 Å². The lowest BCUT2D eigenvalue weighted by molar-refractivity contribution is -0.0217. The second-order valence-corrected chi connectivity index (χ2v) is 3.94. The van der Waals surface area contributed by atoms with Crippen LogP contribution in [0.1, 0.15) is 19.3 Å². The number of fused-ring (bicyclic) bond motifs is 1. The van der Waals surface area contributed by atoms with E-state index in [4.69, 9.17) is 0 Å². The van der Waals surface area contributed by atoms with Crippen LogP contribution in [0.3, 0.4) is 0 Å². The lowest BCUT2D eigenvalue weighted by atomic mass is 9.83. The maximum Gasteiger partial charge on any atom is 0.265 e. The van der Waals surface area contributed by atoms with Crippen molar-refractivity contribution in [3.8, 4) is 0 Å². The van der Waals surface area contributed by atoms with E-state index in [1.54, 1.807) is 11.9 Å². The summed E-state index contributed by atoms with van der Waals surface area (Å²) in [6, 6.07) is 0.105. The maximum atomic E-state index is 13.3. The first-order valence-corrected chi connectivity index (χ1v) is 4.52. The lowest BCUT2D eigenvalue weighted by Gasteiger charge is -2.29. The molecule has 2 atom stereocenters. The summed E-state index contributed by atoms with van der Waals surface area (Å²) in [7, 11) is 1.80. The number of halogens is 2.